The number of amides is 1. The van der Waals surface area contributed by atoms with E-state index in [0.29, 0.717) is 5.13 Å². The van der Waals surface area contributed by atoms with Crippen LogP contribution in [0.1, 0.15) is 42.0 Å². The number of anilines is 1. The highest BCUT2D eigenvalue weighted by Gasteiger charge is 2.48. The second-order valence-corrected chi connectivity index (χ2v) is 8.01. The van der Waals surface area contributed by atoms with Crippen LogP contribution in [-0.2, 0) is 17.6 Å². The van der Waals surface area contributed by atoms with E-state index in [1.165, 1.54) is 33.6 Å². The summed E-state index contributed by atoms with van der Waals surface area (Å²) in [5, 5.41) is 5.57. The Morgan fingerprint density at radius 1 is 1.27 bits per heavy atom. The van der Waals surface area contributed by atoms with E-state index < -0.39 is 5.41 Å². The van der Waals surface area contributed by atoms with Gasteiger partial charge in [-0.15, -0.1) is 11.3 Å². The van der Waals surface area contributed by atoms with Crippen molar-refractivity contribution in [1.82, 2.24) is 4.98 Å². The quantitative estimate of drug-likeness (QED) is 0.706. The first-order valence-corrected chi connectivity index (χ1v) is 9.87. The van der Waals surface area contributed by atoms with Crippen LogP contribution in [0.25, 0.3) is 0 Å². The third kappa shape index (κ3) is 2.84. The molecule has 0 aliphatic heterocycles. The van der Waals surface area contributed by atoms with Gasteiger partial charge in [-0.2, -0.15) is 0 Å². The third-order valence-corrected chi connectivity index (χ3v) is 6.12. The predicted molar refractivity (Wildman–Crippen MR) is 107 cm³/mol. The Labute approximate surface area is 158 Å². The molecular formula is C22H22N2OS. The van der Waals surface area contributed by atoms with Crippen molar-refractivity contribution in [2.45, 2.75) is 32.6 Å². The molecule has 0 fully saturated rings. The molecule has 0 spiro atoms. The average Bonchev–Trinajstić information content (AvgIpc) is 3.27. The molecule has 0 saturated heterocycles. The van der Waals surface area contributed by atoms with Crippen molar-refractivity contribution in [3.05, 3.63) is 82.4 Å². The molecule has 1 heterocycles. The first-order valence-electron chi connectivity index (χ1n) is 8.99. The van der Waals surface area contributed by atoms with Crippen LogP contribution in [0.15, 0.2) is 60.1 Å². The Balaban J connectivity index is 1.79. The fourth-order valence-corrected chi connectivity index (χ4v) is 4.59. The monoisotopic (exact) mass is 362 g/mol. The molecule has 1 aliphatic carbocycles. The largest absolute Gasteiger partial charge is 0.301 e. The molecule has 1 aromatic heterocycles. The summed E-state index contributed by atoms with van der Waals surface area (Å²) in [7, 11) is 0. The van der Waals surface area contributed by atoms with Gasteiger partial charge in [0.1, 0.15) is 0 Å². The van der Waals surface area contributed by atoms with Crippen LogP contribution in [0, 0.1) is 5.41 Å². The Kier molecular flexibility index (Phi) is 4.37. The zero-order valence-corrected chi connectivity index (χ0v) is 15.8. The number of fused-ring (bicyclic) bond motifs is 1. The van der Waals surface area contributed by atoms with Crippen LogP contribution in [0.5, 0.6) is 0 Å². The number of benzene rings is 2. The Morgan fingerprint density at radius 2 is 2.08 bits per heavy atom. The molecule has 3 nitrogen and oxygen atoms in total. The van der Waals surface area contributed by atoms with Crippen molar-refractivity contribution in [3.63, 3.8) is 0 Å². The van der Waals surface area contributed by atoms with Gasteiger partial charge in [0, 0.05) is 17.5 Å². The summed E-state index contributed by atoms with van der Waals surface area (Å²) >= 11 is 1.45. The van der Waals surface area contributed by atoms with E-state index in [9.17, 15) is 4.79 Å². The molecule has 132 valence electrons. The lowest BCUT2D eigenvalue weighted by atomic mass is 9.73. The lowest BCUT2D eigenvalue weighted by Crippen LogP contribution is -2.37. The lowest BCUT2D eigenvalue weighted by Gasteiger charge is -2.31. The summed E-state index contributed by atoms with van der Waals surface area (Å²) in [6, 6.07) is 17.1. The van der Waals surface area contributed by atoms with Crippen molar-refractivity contribution in [1.29, 1.82) is 0 Å². The van der Waals surface area contributed by atoms with Gasteiger partial charge in [-0.1, -0.05) is 55.5 Å². The maximum Gasteiger partial charge on any atom is 0.233 e. The number of hydrogen-bond acceptors (Lipinski definition) is 3. The zero-order valence-electron chi connectivity index (χ0n) is 15.0. The van der Waals surface area contributed by atoms with Crippen molar-refractivity contribution in [2.75, 3.05) is 5.32 Å². The summed E-state index contributed by atoms with van der Waals surface area (Å²) in [5.41, 5.74) is 4.52. The van der Waals surface area contributed by atoms with Gasteiger partial charge < -0.3 is 5.32 Å². The minimum absolute atomic E-state index is 0.0375. The highest BCUT2D eigenvalue weighted by atomic mass is 32.1. The molecule has 4 rings (SSSR count). The maximum atomic E-state index is 13.3. The maximum absolute atomic E-state index is 13.3. The van der Waals surface area contributed by atoms with E-state index in [4.69, 9.17) is 0 Å². The second-order valence-electron chi connectivity index (χ2n) is 7.12. The molecule has 26 heavy (non-hydrogen) atoms. The van der Waals surface area contributed by atoms with Gasteiger partial charge in [0.05, 0.1) is 5.41 Å². The second kappa shape index (κ2) is 6.69. The molecule has 1 amide bonds. The standard InChI is InChI=1S/C22H22N2OS/c1-3-15-9-10-17-14-22(2,20(25)24-21-23-11-12-26-21)19(18(17)13-15)16-7-5-4-6-8-16/h4-13,19H,3,14H2,1-2H3,(H,23,24,25)/t19-,22+/m0/s1. The minimum atomic E-state index is -0.540. The molecule has 2 aromatic carbocycles. The number of carbonyl (C=O) groups excluding carboxylic acids is 1. The van der Waals surface area contributed by atoms with E-state index in [2.05, 4.69) is 66.6 Å². The molecule has 3 aromatic rings. The fraction of sp³-hybridized carbons (Fsp3) is 0.273. The Morgan fingerprint density at radius 3 is 2.77 bits per heavy atom. The van der Waals surface area contributed by atoms with Crippen molar-refractivity contribution in [2.24, 2.45) is 5.41 Å². The van der Waals surface area contributed by atoms with E-state index in [1.807, 2.05) is 11.4 Å². The lowest BCUT2D eigenvalue weighted by molar-refractivity contribution is -0.125. The van der Waals surface area contributed by atoms with Gasteiger partial charge in [0.25, 0.3) is 0 Å². The number of nitrogens with one attached hydrogen (secondary N) is 1. The third-order valence-electron chi connectivity index (χ3n) is 5.43. The smallest absolute Gasteiger partial charge is 0.233 e. The van der Waals surface area contributed by atoms with Crippen molar-refractivity contribution in [3.8, 4) is 0 Å². The molecule has 0 bridgehead atoms. The van der Waals surface area contributed by atoms with Crippen LogP contribution in [0.2, 0.25) is 0 Å². The zero-order chi connectivity index (χ0) is 18.1. The topological polar surface area (TPSA) is 42.0 Å². The summed E-state index contributed by atoms with van der Waals surface area (Å²) in [6.07, 6.45) is 3.45. The normalized spacial score (nSPS) is 21.4. The predicted octanol–water partition coefficient (Wildman–Crippen LogP) is 5.04. The molecule has 4 heteroatoms. The number of aromatic nitrogens is 1. The summed E-state index contributed by atoms with van der Waals surface area (Å²) in [6.45, 7) is 4.25. The summed E-state index contributed by atoms with van der Waals surface area (Å²) < 4.78 is 0. The SMILES string of the molecule is CCc1ccc2c(c1)[C@H](c1ccccc1)[C@](C)(C(=O)Nc1nccs1)C2. The first kappa shape index (κ1) is 17.0. The number of rotatable bonds is 4. The molecule has 1 aliphatic rings. The van der Waals surface area contributed by atoms with Crippen LogP contribution < -0.4 is 5.32 Å². The van der Waals surface area contributed by atoms with Crippen LogP contribution in [0.3, 0.4) is 0 Å². The molecule has 0 radical (unpaired) electrons. The first-order chi connectivity index (χ1) is 12.6. The van der Waals surface area contributed by atoms with E-state index in [1.54, 1.807) is 6.20 Å². The highest BCUT2D eigenvalue weighted by molar-refractivity contribution is 7.13. The molecule has 1 N–H and O–H groups in total. The van der Waals surface area contributed by atoms with E-state index in [-0.39, 0.29) is 11.8 Å². The molecule has 0 saturated carbocycles. The van der Waals surface area contributed by atoms with Crippen molar-refractivity contribution >= 4 is 22.4 Å². The van der Waals surface area contributed by atoms with Gasteiger partial charge in [-0.05, 0) is 42.0 Å². The fourth-order valence-electron chi connectivity index (χ4n) is 4.06. The molecule has 0 unspecified atom stereocenters. The number of nitrogens with zero attached hydrogens (tertiary/aromatic N) is 1. The highest BCUT2D eigenvalue weighted by Crippen LogP contribution is 2.51. The summed E-state index contributed by atoms with van der Waals surface area (Å²) in [4.78, 5) is 17.5. The van der Waals surface area contributed by atoms with Crippen molar-refractivity contribution < 1.29 is 4.79 Å². The van der Waals surface area contributed by atoms with Gasteiger partial charge >= 0.3 is 0 Å². The van der Waals surface area contributed by atoms with Gasteiger partial charge in [-0.25, -0.2) is 4.98 Å². The number of aryl methyl sites for hydroxylation is 1. The van der Waals surface area contributed by atoms with Crippen LogP contribution >= 0.6 is 11.3 Å². The Hall–Kier alpha value is -2.46. The van der Waals surface area contributed by atoms with Gasteiger partial charge in [0.2, 0.25) is 5.91 Å². The minimum Gasteiger partial charge on any atom is -0.301 e. The van der Waals surface area contributed by atoms with Gasteiger partial charge in [-0.3, -0.25) is 4.79 Å². The molecule has 2 atom stereocenters. The van der Waals surface area contributed by atoms with E-state index >= 15 is 0 Å². The van der Waals surface area contributed by atoms with Crippen LogP contribution in [0.4, 0.5) is 5.13 Å². The van der Waals surface area contributed by atoms with E-state index in [0.717, 1.165) is 12.8 Å². The van der Waals surface area contributed by atoms with Crippen LogP contribution in [-0.4, -0.2) is 10.9 Å². The molecular weight excluding hydrogens is 340 g/mol. The Bertz CT molecular complexity index is 921. The average molecular weight is 362 g/mol. The number of hydrogen-bond donors (Lipinski definition) is 1. The summed E-state index contributed by atoms with van der Waals surface area (Å²) in [5.74, 6) is 0.0840. The number of thiazole rings is 1. The number of carbonyl (C=O) groups is 1. The van der Waals surface area contributed by atoms with Gasteiger partial charge in [0.15, 0.2) is 5.13 Å².